The number of carbonyl (C=O) groups is 1. The van der Waals surface area contributed by atoms with Gasteiger partial charge in [-0.1, -0.05) is 18.5 Å². The molecule has 1 aromatic rings. The number of sulfone groups is 1. The number of nitrogens with one attached hydrogen (secondary N) is 1. The Kier molecular flexibility index (Phi) is 5.24. The topological polar surface area (TPSA) is 104 Å². The minimum absolute atomic E-state index is 0.242. The molecule has 0 heterocycles. The average Bonchev–Trinajstić information content (AvgIpc) is 2.42. The zero-order valence-electron chi connectivity index (χ0n) is 11.9. The lowest BCUT2D eigenvalue weighted by Crippen LogP contribution is -2.52. The van der Waals surface area contributed by atoms with Crippen LogP contribution in [0.25, 0.3) is 0 Å². The number of alkyl halides is 3. The Bertz CT molecular complexity index is 731. The van der Waals surface area contributed by atoms with Crippen LogP contribution in [0.1, 0.15) is 13.8 Å². The molecule has 0 aliphatic carbocycles. The molecule has 130 valence electrons. The maximum atomic E-state index is 12.6. The van der Waals surface area contributed by atoms with E-state index < -0.39 is 48.9 Å². The summed E-state index contributed by atoms with van der Waals surface area (Å²) in [5.41, 5.74) is -4.17. The first kappa shape index (κ1) is 19.5. The zero-order chi connectivity index (χ0) is 18.2. The van der Waals surface area contributed by atoms with E-state index in [-0.39, 0.29) is 12.7 Å². The van der Waals surface area contributed by atoms with E-state index in [0.29, 0.717) is 0 Å². The number of hydrogen-bond donors (Lipinski definition) is 3. The van der Waals surface area contributed by atoms with Gasteiger partial charge < -0.3 is 15.5 Å². The lowest BCUT2D eigenvalue weighted by Gasteiger charge is -2.25. The van der Waals surface area contributed by atoms with Gasteiger partial charge in [-0.15, -0.1) is 0 Å². The highest BCUT2D eigenvalue weighted by Gasteiger charge is 2.55. The first-order valence-electron chi connectivity index (χ1n) is 6.10. The van der Waals surface area contributed by atoms with Crippen molar-refractivity contribution in [3.8, 4) is 5.75 Å². The van der Waals surface area contributed by atoms with Crippen molar-refractivity contribution < 1.29 is 36.6 Å². The average molecular weight is 376 g/mol. The molecule has 0 saturated heterocycles. The van der Waals surface area contributed by atoms with E-state index in [0.717, 1.165) is 12.1 Å². The van der Waals surface area contributed by atoms with E-state index in [1.807, 2.05) is 0 Å². The normalized spacial score (nSPS) is 15.1. The summed E-state index contributed by atoms with van der Waals surface area (Å²) in [5, 5.41) is 20.0. The molecule has 0 bridgehead atoms. The number of aromatic hydroxyl groups is 1. The number of anilines is 1. The molecular weight excluding hydrogens is 363 g/mol. The molecule has 0 aromatic heterocycles. The summed E-state index contributed by atoms with van der Waals surface area (Å²) in [6, 6.07) is 1.80. The highest BCUT2D eigenvalue weighted by Crippen LogP contribution is 2.38. The third-order valence-corrected chi connectivity index (χ3v) is 5.18. The van der Waals surface area contributed by atoms with Crippen LogP contribution in [0.4, 0.5) is 18.9 Å². The van der Waals surface area contributed by atoms with Crippen molar-refractivity contribution in [1.82, 2.24) is 0 Å². The summed E-state index contributed by atoms with van der Waals surface area (Å²) < 4.78 is 61.1. The molecule has 0 spiro atoms. The maximum Gasteiger partial charge on any atom is 0.426 e. The van der Waals surface area contributed by atoms with E-state index >= 15 is 0 Å². The fraction of sp³-hybridized carbons (Fsp3) is 0.417. The van der Waals surface area contributed by atoms with Gasteiger partial charge in [-0.2, -0.15) is 13.2 Å². The summed E-state index contributed by atoms with van der Waals surface area (Å²) in [7, 11) is -3.82. The van der Waals surface area contributed by atoms with Gasteiger partial charge in [0.25, 0.3) is 5.91 Å². The summed E-state index contributed by atoms with van der Waals surface area (Å²) in [4.78, 5) is 11.0. The Balaban J connectivity index is 3.24. The van der Waals surface area contributed by atoms with Crippen LogP contribution in [-0.4, -0.2) is 42.1 Å². The van der Waals surface area contributed by atoms with E-state index in [1.54, 1.807) is 5.32 Å². The van der Waals surface area contributed by atoms with Crippen LogP contribution in [0.2, 0.25) is 5.02 Å². The van der Waals surface area contributed by atoms with Crippen molar-refractivity contribution in [3.05, 3.63) is 17.2 Å². The van der Waals surface area contributed by atoms with Crippen LogP contribution in [0, 0.1) is 0 Å². The predicted molar refractivity (Wildman–Crippen MR) is 76.2 cm³/mol. The number of phenols is 1. The van der Waals surface area contributed by atoms with E-state index in [4.69, 9.17) is 11.6 Å². The first-order valence-corrected chi connectivity index (χ1v) is 8.13. The van der Waals surface area contributed by atoms with Crippen molar-refractivity contribution in [2.45, 2.75) is 30.5 Å². The molecule has 1 unspecified atom stereocenters. The van der Waals surface area contributed by atoms with Crippen LogP contribution < -0.4 is 5.32 Å². The molecule has 3 N–H and O–H groups in total. The molecular formula is C12H13ClF3NO5S. The Hall–Kier alpha value is -1.52. The van der Waals surface area contributed by atoms with Gasteiger partial charge in [-0.25, -0.2) is 8.42 Å². The lowest BCUT2D eigenvalue weighted by molar-refractivity contribution is -0.242. The minimum atomic E-state index is -5.24. The predicted octanol–water partition coefficient (Wildman–Crippen LogP) is 2.09. The van der Waals surface area contributed by atoms with Gasteiger partial charge in [0.2, 0.25) is 5.60 Å². The number of benzene rings is 1. The Morgan fingerprint density at radius 1 is 1.35 bits per heavy atom. The van der Waals surface area contributed by atoms with Crippen molar-refractivity contribution >= 4 is 33.0 Å². The van der Waals surface area contributed by atoms with Gasteiger partial charge in [-0.3, -0.25) is 4.79 Å². The molecule has 0 aliphatic rings. The standard InChI is InChI=1S/C12H13ClF3NO5S/c1-3-23(21,22)7-5-4-6(8(13)9(7)18)17-10(19)11(2,20)12(14,15)16/h4-5,18,20H,3H2,1-2H3,(H,17,19). The molecule has 1 rings (SSSR count). The highest BCUT2D eigenvalue weighted by molar-refractivity contribution is 7.91. The molecule has 0 aliphatic heterocycles. The van der Waals surface area contributed by atoms with Crippen molar-refractivity contribution in [1.29, 1.82) is 0 Å². The van der Waals surface area contributed by atoms with Gasteiger partial charge in [0.15, 0.2) is 15.6 Å². The maximum absolute atomic E-state index is 12.6. The van der Waals surface area contributed by atoms with Crippen molar-refractivity contribution in [2.24, 2.45) is 0 Å². The van der Waals surface area contributed by atoms with Gasteiger partial charge >= 0.3 is 6.18 Å². The SMILES string of the molecule is CCS(=O)(=O)c1ccc(NC(=O)C(C)(O)C(F)(F)F)c(Cl)c1O. The largest absolute Gasteiger partial charge is 0.505 e. The number of hydrogen-bond acceptors (Lipinski definition) is 5. The first-order chi connectivity index (χ1) is 10.3. The number of rotatable bonds is 4. The van der Waals surface area contributed by atoms with Gasteiger partial charge in [-0.05, 0) is 19.1 Å². The number of halogens is 4. The smallest absolute Gasteiger partial charge is 0.426 e. The monoisotopic (exact) mass is 375 g/mol. The van der Waals surface area contributed by atoms with E-state index in [9.17, 15) is 36.6 Å². The van der Waals surface area contributed by atoms with Crippen LogP contribution in [-0.2, 0) is 14.6 Å². The number of aliphatic hydroxyl groups is 1. The second-order valence-corrected chi connectivity index (χ2v) is 7.33. The molecule has 1 aromatic carbocycles. The molecule has 6 nitrogen and oxygen atoms in total. The lowest BCUT2D eigenvalue weighted by atomic mass is 10.1. The second-order valence-electron chi connectivity index (χ2n) is 4.70. The van der Waals surface area contributed by atoms with Gasteiger partial charge in [0.1, 0.15) is 9.92 Å². The fourth-order valence-electron chi connectivity index (χ4n) is 1.42. The van der Waals surface area contributed by atoms with E-state index in [2.05, 4.69) is 0 Å². The molecule has 0 saturated carbocycles. The molecule has 1 amide bonds. The summed E-state index contributed by atoms with van der Waals surface area (Å²) in [6.07, 6.45) is -5.24. The van der Waals surface area contributed by atoms with Crippen molar-refractivity contribution in [2.75, 3.05) is 11.1 Å². The number of amides is 1. The van der Waals surface area contributed by atoms with Crippen molar-refractivity contribution in [3.63, 3.8) is 0 Å². The molecule has 0 fully saturated rings. The minimum Gasteiger partial charge on any atom is -0.505 e. The Morgan fingerprint density at radius 3 is 2.30 bits per heavy atom. The molecule has 23 heavy (non-hydrogen) atoms. The molecule has 1 atom stereocenters. The number of carbonyl (C=O) groups excluding carboxylic acids is 1. The van der Waals surface area contributed by atoms with Crippen LogP contribution >= 0.6 is 11.6 Å². The van der Waals surface area contributed by atoms with Crippen LogP contribution in [0.5, 0.6) is 5.75 Å². The van der Waals surface area contributed by atoms with Gasteiger partial charge in [0, 0.05) is 0 Å². The molecule has 11 heteroatoms. The third-order valence-electron chi connectivity index (χ3n) is 3.04. The van der Waals surface area contributed by atoms with Gasteiger partial charge in [0.05, 0.1) is 11.4 Å². The summed E-state index contributed by atoms with van der Waals surface area (Å²) in [6.45, 7) is 1.56. The van der Waals surface area contributed by atoms with E-state index in [1.165, 1.54) is 6.92 Å². The highest BCUT2D eigenvalue weighted by atomic mass is 35.5. The molecule has 0 radical (unpaired) electrons. The second kappa shape index (κ2) is 6.17. The summed E-state index contributed by atoms with van der Waals surface area (Å²) >= 11 is 5.68. The fourth-order valence-corrected chi connectivity index (χ4v) is 2.67. The van der Waals surface area contributed by atoms with Crippen LogP contribution in [0.3, 0.4) is 0 Å². The Labute approximate surface area is 134 Å². The third kappa shape index (κ3) is 3.70. The summed E-state index contributed by atoms with van der Waals surface area (Å²) in [5.74, 6) is -3.08. The van der Waals surface area contributed by atoms with Crippen LogP contribution in [0.15, 0.2) is 17.0 Å². The quantitative estimate of drug-likeness (QED) is 0.747. The zero-order valence-corrected chi connectivity index (χ0v) is 13.5. The number of phenolic OH excluding ortho intramolecular Hbond substituents is 1. The Morgan fingerprint density at radius 2 is 1.87 bits per heavy atom.